The molecule has 1 aromatic rings. The molecule has 1 saturated carbocycles. The van der Waals surface area contributed by atoms with E-state index < -0.39 is 22.8 Å². The number of carboxylic acid groups (broad SMARTS) is 1. The molecule has 1 heterocycles. The van der Waals surface area contributed by atoms with Crippen LogP contribution < -0.4 is 10.2 Å². The van der Waals surface area contributed by atoms with E-state index in [1.807, 2.05) is 0 Å². The van der Waals surface area contributed by atoms with E-state index >= 15 is 0 Å². The van der Waals surface area contributed by atoms with Gasteiger partial charge in [0.1, 0.15) is 18.3 Å². The van der Waals surface area contributed by atoms with E-state index in [2.05, 4.69) is 26.1 Å². The van der Waals surface area contributed by atoms with Crippen LogP contribution in [0.2, 0.25) is 0 Å². The molecule has 1 amide bonds. The Labute approximate surface area is 188 Å². The lowest BCUT2D eigenvalue weighted by Gasteiger charge is -2.37. The Balaban J connectivity index is 1.71. The molecule has 4 atom stereocenters. The molecule has 0 spiro atoms. The third-order valence-electron chi connectivity index (χ3n) is 6.71. The molecule has 0 radical (unpaired) electrons. The van der Waals surface area contributed by atoms with Crippen LogP contribution in [0.4, 0.5) is 17.1 Å². The van der Waals surface area contributed by atoms with Gasteiger partial charge in [-0.3, -0.25) is 14.9 Å². The third kappa shape index (κ3) is 5.56. The number of ether oxygens (including phenoxy) is 1. The van der Waals surface area contributed by atoms with Gasteiger partial charge in [0.2, 0.25) is 0 Å². The van der Waals surface area contributed by atoms with Crippen molar-refractivity contribution in [1.82, 2.24) is 0 Å². The van der Waals surface area contributed by atoms with Gasteiger partial charge in [-0.2, -0.15) is 0 Å². The summed E-state index contributed by atoms with van der Waals surface area (Å²) in [6.45, 7) is 6.87. The maximum atomic E-state index is 12.6. The van der Waals surface area contributed by atoms with Crippen LogP contribution in [0.15, 0.2) is 18.2 Å². The highest BCUT2D eigenvalue weighted by atomic mass is 16.6. The van der Waals surface area contributed by atoms with E-state index in [0.717, 1.165) is 25.7 Å². The fourth-order valence-electron chi connectivity index (χ4n) is 4.97. The Morgan fingerprint density at radius 3 is 2.72 bits per heavy atom. The molecule has 176 valence electrons. The highest BCUT2D eigenvalue weighted by Crippen LogP contribution is 2.36. The monoisotopic (exact) mass is 447 g/mol. The summed E-state index contributed by atoms with van der Waals surface area (Å²) >= 11 is 0. The van der Waals surface area contributed by atoms with E-state index in [1.165, 1.54) is 18.2 Å². The zero-order valence-corrected chi connectivity index (χ0v) is 19.0. The average molecular weight is 448 g/mol. The average Bonchev–Trinajstić information content (AvgIpc) is 3.22. The molecular weight excluding hydrogens is 414 g/mol. The number of amides is 1. The Kier molecular flexibility index (Phi) is 7.71. The first-order valence-corrected chi connectivity index (χ1v) is 11.4. The number of hydrogen-bond donors (Lipinski definition) is 2. The van der Waals surface area contributed by atoms with Crippen molar-refractivity contribution in [3.63, 3.8) is 0 Å². The first kappa shape index (κ1) is 24.0. The Bertz CT molecular complexity index is 858. The molecule has 0 bridgehead atoms. The molecule has 2 N–H and O–H groups in total. The van der Waals surface area contributed by atoms with Crippen molar-refractivity contribution in [1.29, 1.82) is 0 Å². The second-order valence-corrected chi connectivity index (χ2v) is 9.37. The van der Waals surface area contributed by atoms with Crippen molar-refractivity contribution >= 4 is 28.9 Å². The van der Waals surface area contributed by atoms with Crippen LogP contribution in [-0.4, -0.2) is 47.2 Å². The number of rotatable bonds is 8. The summed E-state index contributed by atoms with van der Waals surface area (Å²) in [4.78, 5) is 36.8. The summed E-state index contributed by atoms with van der Waals surface area (Å²) in [5.41, 5.74) is 0.353. The summed E-state index contributed by atoms with van der Waals surface area (Å²) in [5.74, 6) is -0.00216. The second kappa shape index (κ2) is 10.3. The van der Waals surface area contributed by atoms with Gasteiger partial charge in [0.05, 0.1) is 11.0 Å². The van der Waals surface area contributed by atoms with Gasteiger partial charge in [0.15, 0.2) is 0 Å². The van der Waals surface area contributed by atoms with Crippen LogP contribution in [0, 0.1) is 27.9 Å². The maximum absolute atomic E-state index is 12.6. The summed E-state index contributed by atoms with van der Waals surface area (Å²) in [7, 11) is 0. The fourth-order valence-corrected chi connectivity index (χ4v) is 4.97. The molecule has 1 saturated heterocycles. The lowest BCUT2D eigenvalue weighted by Crippen LogP contribution is -2.36. The van der Waals surface area contributed by atoms with E-state index in [-0.39, 0.29) is 24.1 Å². The highest BCUT2D eigenvalue weighted by Gasteiger charge is 2.33. The van der Waals surface area contributed by atoms with Gasteiger partial charge in [-0.05, 0) is 55.6 Å². The maximum Gasteiger partial charge on any atom is 0.326 e. The number of aliphatic carboxylic acids is 1. The summed E-state index contributed by atoms with van der Waals surface area (Å²) in [6.07, 6.45) is 4.35. The number of carbonyl (C=O) groups excluding carboxylic acids is 1. The lowest BCUT2D eigenvalue weighted by atomic mass is 9.75. The lowest BCUT2D eigenvalue weighted by molar-refractivity contribution is -0.383. The van der Waals surface area contributed by atoms with Crippen LogP contribution in [0.1, 0.15) is 52.9 Å². The molecule has 1 aliphatic carbocycles. The highest BCUT2D eigenvalue weighted by molar-refractivity contribution is 5.95. The van der Waals surface area contributed by atoms with Crippen molar-refractivity contribution < 1.29 is 24.4 Å². The summed E-state index contributed by atoms with van der Waals surface area (Å²) in [6, 6.07) is 3.64. The molecule has 3 rings (SSSR count). The van der Waals surface area contributed by atoms with Crippen molar-refractivity contribution in [2.24, 2.45) is 17.8 Å². The molecule has 1 aliphatic heterocycles. The summed E-state index contributed by atoms with van der Waals surface area (Å²) < 4.78 is 5.97. The van der Waals surface area contributed by atoms with Gasteiger partial charge in [-0.1, -0.05) is 27.2 Å². The predicted octanol–water partition coefficient (Wildman–Crippen LogP) is 4.06. The molecule has 0 aromatic heterocycles. The standard InChI is InChI=1S/C23H33N3O6/c1-14(2)17-8-6-15(3)11-21(17)32-13-22(27)24-18-12-16(7-9-19(18)26(30)31)25-10-4-5-20(25)23(28)29/h7,9,12,14-15,17,20-21H,4-6,8,10-11,13H2,1-3H3,(H,24,27)(H,28,29). The molecule has 9 heteroatoms. The van der Waals surface area contributed by atoms with Crippen molar-refractivity contribution in [3.8, 4) is 0 Å². The molecule has 1 aromatic carbocycles. The minimum absolute atomic E-state index is 0.00764. The molecule has 9 nitrogen and oxygen atoms in total. The number of hydrogen-bond acceptors (Lipinski definition) is 6. The largest absolute Gasteiger partial charge is 0.480 e. The first-order chi connectivity index (χ1) is 15.2. The number of carboxylic acids is 1. The fraction of sp³-hybridized carbons (Fsp3) is 0.652. The van der Waals surface area contributed by atoms with Gasteiger partial charge >= 0.3 is 5.97 Å². The number of nitro groups is 1. The van der Waals surface area contributed by atoms with Gasteiger partial charge in [0.25, 0.3) is 11.6 Å². The third-order valence-corrected chi connectivity index (χ3v) is 6.71. The van der Waals surface area contributed by atoms with Crippen molar-refractivity contribution in [2.75, 3.05) is 23.4 Å². The normalized spacial score (nSPS) is 25.7. The topological polar surface area (TPSA) is 122 Å². The van der Waals surface area contributed by atoms with Crippen LogP contribution in [0.3, 0.4) is 0 Å². The van der Waals surface area contributed by atoms with Gasteiger partial charge in [-0.15, -0.1) is 0 Å². The molecule has 2 fully saturated rings. The second-order valence-electron chi connectivity index (χ2n) is 9.37. The van der Waals surface area contributed by atoms with E-state index in [1.54, 1.807) is 4.90 Å². The van der Waals surface area contributed by atoms with E-state index in [9.17, 15) is 24.8 Å². The SMILES string of the molecule is CC1CCC(C(C)C)C(OCC(=O)Nc2cc(N3CCCC3C(=O)O)ccc2[N+](=O)[O-])C1. The Morgan fingerprint density at radius 1 is 1.31 bits per heavy atom. The van der Waals surface area contributed by atoms with Crippen LogP contribution in [-0.2, 0) is 14.3 Å². The number of anilines is 2. The number of nitrogens with one attached hydrogen (secondary N) is 1. The number of nitro benzene ring substituents is 1. The van der Waals surface area contributed by atoms with Crippen molar-refractivity contribution in [3.05, 3.63) is 28.3 Å². The van der Waals surface area contributed by atoms with Gasteiger partial charge < -0.3 is 20.1 Å². The minimum Gasteiger partial charge on any atom is -0.480 e. The van der Waals surface area contributed by atoms with Crippen LogP contribution >= 0.6 is 0 Å². The van der Waals surface area contributed by atoms with E-state index in [4.69, 9.17) is 4.74 Å². The zero-order valence-electron chi connectivity index (χ0n) is 19.0. The van der Waals surface area contributed by atoms with Crippen LogP contribution in [0.25, 0.3) is 0 Å². The molecule has 4 unspecified atom stereocenters. The van der Waals surface area contributed by atoms with Crippen molar-refractivity contribution in [2.45, 2.75) is 65.0 Å². The molecule has 2 aliphatic rings. The van der Waals surface area contributed by atoms with Gasteiger partial charge in [-0.25, -0.2) is 4.79 Å². The Hall–Kier alpha value is -2.68. The smallest absolute Gasteiger partial charge is 0.326 e. The first-order valence-electron chi connectivity index (χ1n) is 11.4. The Morgan fingerprint density at radius 2 is 2.06 bits per heavy atom. The number of nitrogens with zero attached hydrogens (tertiary/aromatic N) is 2. The van der Waals surface area contributed by atoms with Gasteiger partial charge in [0, 0.05) is 18.3 Å². The molecular formula is C23H33N3O6. The number of benzene rings is 1. The number of carbonyl (C=O) groups is 2. The molecule has 32 heavy (non-hydrogen) atoms. The zero-order chi connectivity index (χ0) is 23.4. The quantitative estimate of drug-likeness (QED) is 0.455. The van der Waals surface area contributed by atoms with Crippen LogP contribution in [0.5, 0.6) is 0 Å². The predicted molar refractivity (Wildman–Crippen MR) is 121 cm³/mol. The summed E-state index contributed by atoms with van der Waals surface area (Å²) in [5, 5.41) is 23.5. The minimum atomic E-state index is -0.929. The van der Waals surface area contributed by atoms with E-state index in [0.29, 0.717) is 36.4 Å².